The molecular formula is C16H19ClF2O2. The monoisotopic (exact) mass is 316 g/mol. The van der Waals surface area contributed by atoms with Gasteiger partial charge < -0.3 is 4.74 Å². The summed E-state index contributed by atoms with van der Waals surface area (Å²) in [5, 5.41) is 0.547. The van der Waals surface area contributed by atoms with E-state index in [4.69, 9.17) is 16.3 Å². The Morgan fingerprint density at radius 2 is 2.00 bits per heavy atom. The van der Waals surface area contributed by atoms with Gasteiger partial charge in [-0.3, -0.25) is 4.79 Å². The van der Waals surface area contributed by atoms with E-state index in [9.17, 15) is 13.6 Å². The first kappa shape index (κ1) is 16.2. The van der Waals surface area contributed by atoms with Crippen LogP contribution in [-0.2, 0) is 4.79 Å². The number of carbonyl (C=O) groups excluding carboxylic acids is 1. The quantitative estimate of drug-likeness (QED) is 0.440. The van der Waals surface area contributed by atoms with Crippen molar-refractivity contribution in [1.29, 1.82) is 0 Å². The van der Waals surface area contributed by atoms with Crippen molar-refractivity contribution in [3.8, 4) is 5.75 Å². The van der Waals surface area contributed by atoms with E-state index in [0.29, 0.717) is 23.6 Å². The summed E-state index contributed by atoms with van der Waals surface area (Å²) in [5.41, 5.74) is 0. The number of hydrogen-bond acceptors (Lipinski definition) is 2. The molecule has 1 aliphatic carbocycles. The molecule has 0 spiro atoms. The minimum atomic E-state index is -2.67. The van der Waals surface area contributed by atoms with Crippen LogP contribution >= 0.6 is 11.6 Å². The molecule has 2 rings (SSSR count). The smallest absolute Gasteiger partial charge is 0.314 e. The SMILES string of the molecule is C[C@@H](C(=O)Oc1ccc(Cl)cc1)C1CCCCC(F)(F)C1. The lowest BCUT2D eigenvalue weighted by molar-refractivity contribution is -0.141. The maximum absolute atomic E-state index is 13.6. The van der Waals surface area contributed by atoms with Crippen LogP contribution in [0.3, 0.4) is 0 Å². The molecule has 1 unspecified atom stereocenters. The summed E-state index contributed by atoms with van der Waals surface area (Å²) in [5.74, 6) is -3.61. The number of esters is 1. The first-order valence-electron chi connectivity index (χ1n) is 7.22. The van der Waals surface area contributed by atoms with E-state index < -0.39 is 17.8 Å². The minimum Gasteiger partial charge on any atom is -0.426 e. The van der Waals surface area contributed by atoms with Crippen LogP contribution in [0.5, 0.6) is 5.75 Å². The van der Waals surface area contributed by atoms with Crippen LogP contribution in [0.1, 0.15) is 39.0 Å². The highest BCUT2D eigenvalue weighted by Gasteiger charge is 2.38. The Morgan fingerprint density at radius 1 is 1.33 bits per heavy atom. The maximum atomic E-state index is 13.6. The number of carbonyl (C=O) groups is 1. The summed E-state index contributed by atoms with van der Waals surface area (Å²) in [7, 11) is 0. The van der Waals surface area contributed by atoms with Crippen molar-refractivity contribution in [2.75, 3.05) is 0 Å². The number of halogens is 3. The van der Waals surface area contributed by atoms with Crippen molar-refractivity contribution in [1.82, 2.24) is 0 Å². The van der Waals surface area contributed by atoms with Gasteiger partial charge in [0.15, 0.2) is 0 Å². The summed E-state index contributed by atoms with van der Waals surface area (Å²) >= 11 is 5.76. The number of benzene rings is 1. The minimum absolute atomic E-state index is 0.0809. The molecule has 1 aromatic carbocycles. The van der Waals surface area contributed by atoms with Gasteiger partial charge in [0.25, 0.3) is 0 Å². The van der Waals surface area contributed by atoms with Gasteiger partial charge in [0.05, 0.1) is 5.92 Å². The fourth-order valence-corrected chi connectivity index (χ4v) is 2.83. The van der Waals surface area contributed by atoms with Crippen LogP contribution < -0.4 is 4.74 Å². The van der Waals surface area contributed by atoms with Crippen LogP contribution in [0.4, 0.5) is 8.78 Å². The van der Waals surface area contributed by atoms with Gasteiger partial charge >= 0.3 is 5.97 Å². The molecule has 2 atom stereocenters. The number of alkyl halides is 2. The molecular weight excluding hydrogens is 298 g/mol. The van der Waals surface area contributed by atoms with E-state index in [0.717, 1.165) is 6.42 Å². The molecule has 1 fully saturated rings. The molecule has 0 bridgehead atoms. The third kappa shape index (κ3) is 4.67. The molecule has 1 aromatic rings. The van der Waals surface area contributed by atoms with Gasteiger partial charge in [0, 0.05) is 17.9 Å². The topological polar surface area (TPSA) is 26.3 Å². The average molecular weight is 317 g/mol. The Morgan fingerprint density at radius 3 is 2.67 bits per heavy atom. The van der Waals surface area contributed by atoms with E-state index in [1.54, 1.807) is 31.2 Å². The largest absolute Gasteiger partial charge is 0.426 e. The lowest BCUT2D eigenvalue weighted by Gasteiger charge is -2.24. The van der Waals surface area contributed by atoms with Crippen molar-refractivity contribution < 1.29 is 18.3 Å². The predicted octanol–water partition coefficient (Wildman–Crippen LogP) is 5.10. The van der Waals surface area contributed by atoms with Crippen molar-refractivity contribution >= 4 is 17.6 Å². The van der Waals surface area contributed by atoms with Crippen LogP contribution in [0.15, 0.2) is 24.3 Å². The van der Waals surface area contributed by atoms with Crippen molar-refractivity contribution in [3.05, 3.63) is 29.3 Å². The zero-order valence-corrected chi connectivity index (χ0v) is 12.7. The summed E-state index contributed by atoms with van der Waals surface area (Å²) in [4.78, 5) is 12.1. The van der Waals surface area contributed by atoms with E-state index in [1.807, 2.05) is 0 Å². The number of rotatable bonds is 3. The van der Waals surface area contributed by atoms with Crippen LogP contribution in [0.25, 0.3) is 0 Å². The molecule has 0 radical (unpaired) electrons. The summed E-state index contributed by atoms with van der Waals surface area (Å²) in [6.45, 7) is 1.67. The van der Waals surface area contributed by atoms with Gasteiger partial charge in [0.2, 0.25) is 5.92 Å². The van der Waals surface area contributed by atoms with Crippen molar-refractivity contribution in [2.45, 2.75) is 45.0 Å². The summed E-state index contributed by atoms with van der Waals surface area (Å²) in [6.07, 6.45) is 1.58. The molecule has 0 saturated heterocycles. The molecule has 5 heteroatoms. The van der Waals surface area contributed by atoms with Crippen LogP contribution in [0, 0.1) is 11.8 Å². The Labute approximate surface area is 128 Å². The van der Waals surface area contributed by atoms with Crippen LogP contribution in [-0.4, -0.2) is 11.9 Å². The first-order valence-corrected chi connectivity index (χ1v) is 7.60. The van der Waals surface area contributed by atoms with E-state index in [-0.39, 0.29) is 18.8 Å². The average Bonchev–Trinajstić information content (AvgIpc) is 2.61. The molecule has 116 valence electrons. The highest BCUT2D eigenvalue weighted by atomic mass is 35.5. The molecule has 1 aliphatic rings. The fraction of sp³-hybridized carbons (Fsp3) is 0.562. The normalized spacial score (nSPS) is 23.1. The van der Waals surface area contributed by atoms with E-state index in [1.165, 1.54) is 0 Å². The first-order chi connectivity index (χ1) is 9.87. The second-order valence-electron chi connectivity index (χ2n) is 5.73. The summed E-state index contributed by atoms with van der Waals surface area (Å²) in [6, 6.07) is 6.42. The zero-order valence-electron chi connectivity index (χ0n) is 12.0. The van der Waals surface area contributed by atoms with E-state index in [2.05, 4.69) is 0 Å². The van der Waals surface area contributed by atoms with Gasteiger partial charge in [-0.15, -0.1) is 0 Å². The maximum Gasteiger partial charge on any atom is 0.314 e. The molecule has 0 heterocycles. The van der Waals surface area contributed by atoms with Gasteiger partial charge in [-0.1, -0.05) is 24.9 Å². The standard InChI is InChI=1S/C16H19ClF2O2/c1-11(12-4-2-3-9-16(18,19)10-12)15(20)21-14-7-5-13(17)6-8-14/h5-8,11-12H,2-4,9-10H2,1H3/t11-,12?/m1/s1. The molecule has 0 N–H and O–H groups in total. The Balaban J connectivity index is 1.99. The lowest BCUT2D eigenvalue weighted by Crippen LogP contribution is -2.29. The van der Waals surface area contributed by atoms with Gasteiger partial charge in [-0.2, -0.15) is 0 Å². The Bertz CT molecular complexity index is 488. The number of ether oxygens (including phenoxy) is 1. The van der Waals surface area contributed by atoms with Crippen molar-refractivity contribution in [2.24, 2.45) is 11.8 Å². The fourth-order valence-electron chi connectivity index (χ4n) is 2.71. The second-order valence-corrected chi connectivity index (χ2v) is 6.17. The Hall–Kier alpha value is -1.16. The van der Waals surface area contributed by atoms with Crippen LogP contribution in [0.2, 0.25) is 5.02 Å². The molecule has 0 aromatic heterocycles. The van der Waals surface area contributed by atoms with Gasteiger partial charge in [-0.05, 0) is 43.0 Å². The second kappa shape index (κ2) is 6.73. The molecule has 0 aliphatic heterocycles. The zero-order chi connectivity index (χ0) is 15.5. The Kier molecular flexibility index (Phi) is 5.20. The predicted molar refractivity (Wildman–Crippen MR) is 77.8 cm³/mol. The molecule has 2 nitrogen and oxygen atoms in total. The highest BCUT2D eigenvalue weighted by Crippen LogP contribution is 2.38. The summed E-state index contributed by atoms with van der Waals surface area (Å²) < 4.78 is 32.5. The third-order valence-electron chi connectivity index (χ3n) is 4.04. The highest BCUT2D eigenvalue weighted by molar-refractivity contribution is 6.30. The lowest BCUT2D eigenvalue weighted by atomic mass is 9.86. The number of hydrogen-bond donors (Lipinski definition) is 0. The van der Waals surface area contributed by atoms with Gasteiger partial charge in [-0.25, -0.2) is 8.78 Å². The van der Waals surface area contributed by atoms with Gasteiger partial charge in [0.1, 0.15) is 5.75 Å². The molecule has 0 amide bonds. The third-order valence-corrected chi connectivity index (χ3v) is 4.29. The van der Waals surface area contributed by atoms with Crippen molar-refractivity contribution in [3.63, 3.8) is 0 Å². The molecule has 21 heavy (non-hydrogen) atoms. The molecule has 1 saturated carbocycles. The van der Waals surface area contributed by atoms with E-state index >= 15 is 0 Å².